The summed E-state index contributed by atoms with van der Waals surface area (Å²) >= 11 is 0. The summed E-state index contributed by atoms with van der Waals surface area (Å²) in [5.41, 5.74) is 1.85. The number of aliphatic hydroxyl groups excluding tert-OH is 1. The number of oxazole rings is 1. The lowest BCUT2D eigenvalue weighted by molar-refractivity contribution is 0.216. The molecule has 4 nitrogen and oxygen atoms in total. The lowest BCUT2D eigenvalue weighted by Crippen LogP contribution is -2.21. The van der Waals surface area contributed by atoms with Gasteiger partial charge in [-0.3, -0.25) is 4.90 Å². The topological polar surface area (TPSA) is 49.5 Å². The molecule has 0 aliphatic heterocycles. The van der Waals surface area contributed by atoms with E-state index in [4.69, 9.17) is 9.52 Å². The Labute approximate surface area is 101 Å². The molecule has 1 aromatic heterocycles. The van der Waals surface area contributed by atoms with Gasteiger partial charge in [-0.05, 0) is 19.2 Å². The van der Waals surface area contributed by atoms with E-state index in [0.717, 1.165) is 11.3 Å². The molecular formula is C13H16N2O2. The number of hydrogen-bond donors (Lipinski definition) is 1. The zero-order valence-electron chi connectivity index (χ0n) is 9.84. The first-order chi connectivity index (χ1) is 8.29. The summed E-state index contributed by atoms with van der Waals surface area (Å²) in [6, 6.07) is 9.80. The lowest BCUT2D eigenvalue weighted by Gasteiger charge is -2.11. The first-order valence-corrected chi connectivity index (χ1v) is 5.59. The third-order valence-electron chi connectivity index (χ3n) is 2.49. The molecular weight excluding hydrogens is 216 g/mol. The number of benzene rings is 1. The van der Waals surface area contributed by atoms with Crippen molar-refractivity contribution in [1.29, 1.82) is 0 Å². The van der Waals surface area contributed by atoms with Gasteiger partial charge in [-0.2, -0.15) is 0 Å². The minimum Gasteiger partial charge on any atom is -0.444 e. The Balaban J connectivity index is 2.06. The van der Waals surface area contributed by atoms with Gasteiger partial charge in [0.25, 0.3) is 0 Å². The van der Waals surface area contributed by atoms with Crippen LogP contribution in [0, 0.1) is 0 Å². The normalized spacial score (nSPS) is 11.0. The standard InChI is InChI=1S/C13H16N2O2/c1-15(7-8-16)9-12-10-17-13(14-12)11-5-3-2-4-6-11/h2-6,10,16H,7-9H2,1H3. The van der Waals surface area contributed by atoms with Gasteiger partial charge in [-0.15, -0.1) is 0 Å². The number of rotatable bonds is 5. The third-order valence-corrected chi connectivity index (χ3v) is 2.49. The molecule has 0 bridgehead atoms. The van der Waals surface area contributed by atoms with Crippen LogP contribution < -0.4 is 0 Å². The van der Waals surface area contributed by atoms with E-state index in [1.54, 1.807) is 6.26 Å². The van der Waals surface area contributed by atoms with Crippen LogP contribution in [0.25, 0.3) is 11.5 Å². The average molecular weight is 232 g/mol. The molecule has 0 spiro atoms. The summed E-state index contributed by atoms with van der Waals surface area (Å²) in [7, 11) is 1.94. The maximum Gasteiger partial charge on any atom is 0.226 e. The van der Waals surface area contributed by atoms with E-state index in [2.05, 4.69) is 4.98 Å². The highest BCUT2D eigenvalue weighted by molar-refractivity contribution is 5.52. The monoisotopic (exact) mass is 232 g/mol. The Morgan fingerprint density at radius 2 is 2.06 bits per heavy atom. The molecule has 2 aromatic rings. The largest absolute Gasteiger partial charge is 0.444 e. The highest BCUT2D eigenvalue weighted by Gasteiger charge is 2.07. The molecule has 0 atom stereocenters. The Hall–Kier alpha value is -1.65. The van der Waals surface area contributed by atoms with E-state index in [-0.39, 0.29) is 6.61 Å². The second-order valence-corrected chi connectivity index (χ2v) is 3.97. The molecule has 0 radical (unpaired) electrons. The fourth-order valence-corrected chi connectivity index (χ4v) is 1.62. The van der Waals surface area contributed by atoms with Crippen molar-refractivity contribution in [1.82, 2.24) is 9.88 Å². The van der Waals surface area contributed by atoms with Crippen LogP contribution in [0.2, 0.25) is 0 Å². The maximum absolute atomic E-state index is 8.81. The fourth-order valence-electron chi connectivity index (χ4n) is 1.62. The third kappa shape index (κ3) is 3.15. The molecule has 0 fully saturated rings. The van der Waals surface area contributed by atoms with Crippen molar-refractivity contribution >= 4 is 0 Å². The molecule has 1 N–H and O–H groups in total. The zero-order valence-corrected chi connectivity index (χ0v) is 9.84. The predicted octanol–water partition coefficient (Wildman–Crippen LogP) is 1.77. The number of aromatic nitrogens is 1. The van der Waals surface area contributed by atoms with Gasteiger partial charge in [0.1, 0.15) is 6.26 Å². The van der Waals surface area contributed by atoms with Crippen molar-refractivity contribution in [3.63, 3.8) is 0 Å². The van der Waals surface area contributed by atoms with E-state index in [1.165, 1.54) is 0 Å². The van der Waals surface area contributed by atoms with Crippen LogP contribution in [0.3, 0.4) is 0 Å². The second kappa shape index (κ2) is 5.61. The van der Waals surface area contributed by atoms with Gasteiger partial charge >= 0.3 is 0 Å². The predicted molar refractivity (Wildman–Crippen MR) is 65.4 cm³/mol. The van der Waals surface area contributed by atoms with Crippen LogP contribution in [0.1, 0.15) is 5.69 Å². The highest BCUT2D eigenvalue weighted by Crippen LogP contribution is 2.18. The summed E-state index contributed by atoms with van der Waals surface area (Å²) in [5, 5.41) is 8.81. The first kappa shape index (κ1) is 11.8. The molecule has 4 heteroatoms. The van der Waals surface area contributed by atoms with E-state index in [1.807, 2.05) is 42.3 Å². The molecule has 17 heavy (non-hydrogen) atoms. The number of hydrogen-bond acceptors (Lipinski definition) is 4. The summed E-state index contributed by atoms with van der Waals surface area (Å²) < 4.78 is 5.43. The summed E-state index contributed by atoms with van der Waals surface area (Å²) in [6.07, 6.45) is 1.66. The highest BCUT2D eigenvalue weighted by atomic mass is 16.3. The summed E-state index contributed by atoms with van der Waals surface area (Å²) in [5.74, 6) is 0.637. The van der Waals surface area contributed by atoms with Gasteiger partial charge < -0.3 is 9.52 Å². The van der Waals surface area contributed by atoms with E-state index < -0.39 is 0 Å². The van der Waals surface area contributed by atoms with Gasteiger partial charge in [-0.25, -0.2) is 4.98 Å². The molecule has 0 aliphatic carbocycles. The van der Waals surface area contributed by atoms with E-state index in [0.29, 0.717) is 19.0 Å². The van der Waals surface area contributed by atoms with Crippen LogP contribution in [-0.2, 0) is 6.54 Å². The van der Waals surface area contributed by atoms with Gasteiger partial charge in [0.2, 0.25) is 5.89 Å². The summed E-state index contributed by atoms with van der Waals surface area (Å²) in [4.78, 5) is 6.41. The zero-order chi connectivity index (χ0) is 12.1. The van der Waals surface area contributed by atoms with Gasteiger partial charge in [0, 0.05) is 18.7 Å². The van der Waals surface area contributed by atoms with Crippen molar-refractivity contribution < 1.29 is 9.52 Å². The molecule has 0 amide bonds. The maximum atomic E-state index is 8.81. The van der Waals surface area contributed by atoms with E-state index >= 15 is 0 Å². The lowest BCUT2D eigenvalue weighted by atomic mass is 10.2. The van der Waals surface area contributed by atoms with Crippen LogP contribution in [0.4, 0.5) is 0 Å². The van der Waals surface area contributed by atoms with Crippen LogP contribution in [-0.4, -0.2) is 35.2 Å². The number of likely N-dealkylation sites (N-methyl/N-ethyl adjacent to an activating group) is 1. The smallest absolute Gasteiger partial charge is 0.226 e. The summed E-state index contributed by atoms with van der Waals surface area (Å²) in [6.45, 7) is 1.46. The molecule has 2 rings (SSSR count). The van der Waals surface area contributed by atoms with Crippen molar-refractivity contribution in [3.05, 3.63) is 42.3 Å². The number of nitrogens with zero attached hydrogens (tertiary/aromatic N) is 2. The SMILES string of the molecule is CN(CCO)Cc1coc(-c2ccccc2)n1. The van der Waals surface area contributed by atoms with Crippen LogP contribution in [0.15, 0.2) is 41.0 Å². The second-order valence-electron chi connectivity index (χ2n) is 3.97. The van der Waals surface area contributed by atoms with Gasteiger partial charge in [0.15, 0.2) is 0 Å². The van der Waals surface area contributed by atoms with Crippen molar-refractivity contribution in [2.45, 2.75) is 6.54 Å². The first-order valence-electron chi connectivity index (χ1n) is 5.59. The average Bonchev–Trinajstić information content (AvgIpc) is 2.79. The van der Waals surface area contributed by atoms with Crippen molar-refractivity contribution in [2.75, 3.05) is 20.2 Å². The molecule has 0 saturated heterocycles. The Morgan fingerprint density at radius 1 is 1.29 bits per heavy atom. The van der Waals surface area contributed by atoms with E-state index in [9.17, 15) is 0 Å². The van der Waals surface area contributed by atoms with Gasteiger partial charge in [-0.1, -0.05) is 18.2 Å². The Morgan fingerprint density at radius 3 is 2.76 bits per heavy atom. The van der Waals surface area contributed by atoms with Gasteiger partial charge in [0.05, 0.1) is 12.3 Å². The minimum absolute atomic E-state index is 0.153. The van der Waals surface area contributed by atoms with Crippen molar-refractivity contribution in [3.8, 4) is 11.5 Å². The van der Waals surface area contributed by atoms with Crippen molar-refractivity contribution in [2.24, 2.45) is 0 Å². The molecule has 90 valence electrons. The molecule has 0 aliphatic rings. The molecule has 1 aromatic carbocycles. The Bertz CT molecular complexity index is 453. The van der Waals surface area contributed by atoms with Crippen LogP contribution >= 0.6 is 0 Å². The quantitative estimate of drug-likeness (QED) is 0.853. The fraction of sp³-hybridized carbons (Fsp3) is 0.308. The molecule has 0 unspecified atom stereocenters. The molecule has 0 saturated carbocycles. The minimum atomic E-state index is 0.153. The Kier molecular flexibility index (Phi) is 3.90. The number of aliphatic hydroxyl groups is 1. The molecule has 1 heterocycles. The van der Waals surface area contributed by atoms with Crippen LogP contribution in [0.5, 0.6) is 0 Å².